The van der Waals surface area contributed by atoms with Crippen LogP contribution in [0.2, 0.25) is 0 Å². The van der Waals surface area contributed by atoms with Gasteiger partial charge in [-0.3, -0.25) is 0 Å². The lowest BCUT2D eigenvalue weighted by molar-refractivity contribution is -0.0142. The zero-order valence-electron chi connectivity index (χ0n) is 8.60. The maximum Gasteiger partial charge on any atom is 0.250 e. The summed E-state index contributed by atoms with van der Waals surface area (Å²) in [5.74, 6) is 0.502. The van der Waals surface area contributed by atoms with Crippen LogP contribution < -0.4 is 5.32 Å². The molecule has 0 amide bonds. The third kappa shape index (κ3) is 3.88. The molecule has 0 bridgehead atoms. The minimum absolute atomic E-state index is 0.293. The summed E-state index contributed by atoms with van der Waals surface area (Å²) in [4.78, 5) is 0. The molecule has 0 aromatic rings. The van der Waals surface area contributed by atoms with Crippen molar-refractivity contribution in [3.8, 4) is 0 Å². The molecule has 0 heterocycles. The lowest BCUT2D eigenvalue weighted by Gasteiger charge is -2.35. The molecular weight excluding hydrogens is 188 g/mol. The van der Waals surface area contributed by atoms with Crippen LogP contribution in [0, 0.1) is 5.92 Å². The Hall–Kier alpha value is -0.220. The van der Waals surface area contributed by atoms with Gasteiger partial charge in [-0.15, -0.1) is 0 Å². The van der Waals surface area contributed by atoms with Crippen LogP contribution in [0.1, 0.15) is 32.6 Å². The fourth-order valence-corrected chi connectivity index (χ4v) is 2.21. The second kappa shape index (κ2) is 5.03. The first-order chi connectivity index (χ1) is 6.52. The van der Waals surface area contributed by atoms with Gasteiger partial charge in [0.25, 0.3) is 6.43 Å². The van der Waals surface area contributed by atoms with Gasteiger partial charge >= 0.3 is 0 Å². The molecule has 4 heteroatoms. The van der Waals surface area contributed by atoms with Crippen LogP contribution in [0.15, 0.2) is 0 Å². The van der Waals surface area contributed by atoms with Crippen molar-refractivity contribution in [3.63, 3.8) is 0 Å². The van der Waals surface area contributed by atoms with Gasteiger partial charge in [0, 0.05) is 6.54 Å². The number of alkyl halides is 2. The van der Waals surface area contributed by atoms with E-state index in [1.807, 2.05) is 0 Å². The average molecular weight is 207 g/mol. The van der Waals surface area contributed by atoms with E-state index >= 15 is 0 Å². The Kier molecular flexibility index (Phi) is 4.26. The summed E-state index contributed by atoms with van der Waals surface area (Å²) in [6.45, 7) is 2.07. The van der Waals surface area contributed by atoms with Gasteiger partial charge in [0.05, 0.1) is 12.1 Å². The van der Waals surface area contributed by atoms with Crippen molar-refractivity contribution in [2.24, 2.45) is 5.92 Å². The Morgan fingerprint density at radius 1 is 1.57 bits per heavy atom. The first-order valence-electron chi connectivity index (χ1n) is 5.23. The van der Waals surface area contributed by atoms with E-state index in [2.05, 4.69) is 12.2 Å². The fraction of sp³-hybridized carbons (Fsp3) is 1.00. The molecule has 2 atom stereocenters. The number of hydrogen-bond donors (Lipinski definition) is 2. The van der Waals surface area contributed by atoms with Crippen molar-refractivity contribution < 1.29 is 13.9 Å². The minimum atomic E-state index is -2.33. The maximum atomic E-state index is 11.8. The average Bonchev–Trinajstić information content (AvgIpc) is 2.01. The molecular formula is C10H19F2NO. The largest absolute Gasteiger partial charge is 0.389 e. The third-order valence-electron chi connectivity index (χ3n) is 2.82. The number of rotatable bonds is 4. The van der Waals surface area contributed by atoms with E-state index in [1.54, 1.807) is 0 Å². The Balaban J connectivity index is 2.26. The number of aliphatic hydroxyl groups is 1. The van der Waals surface area contributed by atoms with Crippen LogP contribution in [0.5, 0.6) is 0 Å². The van der Waals surface area contributed by atoms with Crippen molar-refractivity contribution in [2.45, 2.75) is 44.6 Å². The standard InChI is InChI=1S/C10H19F2NO/c1-8-3-2-4-10(14,5-8)7-13-6-9(11)12/h8-9,13-14H,2-7H2,1H3. The van der Waals surface area contributed by atoms with Gasteiger partial charge in [0.1, 0.15) is 0 Å². The SMILES string of the molecule is CC1CCCC(O)(CNCC(F)F)C1. The molecule has 1 fully saturated rings. The Morgan fingerprint density at radius 3 is 2.86 bits per heavy atom. The second-order valence-electron chi connectivity index (χ2n) is 4.45. The van der Waals surface area contributed by atoms with Gasteiger partial charge in [-0.05, 0) is 18.8 Å². The number of hydrogen-bond acceptors (Lipinski definition) is 2. The van der Waals surface area contributed by atoms with E-state index in [0.29, 0.717) is 12.5 Å². The Labute approximate surface area is 83.7 Å². The van der Waals surface area contributed by atoms with Crippen molar-refractivity contribution >= 4 is 0 Å². The summed E-state index contributed by atoms with van der Waals surface area (Å²) in [7, 11) is 0. The maximum absolute atomic E-state index is 11.8. The van der Waals surface area contributed by atoms with Crippen molar-refractivity contribution in [1.29, 1.82) is 0 Å². The van der Waals surface area contributed by atoms with Gasteiger partial charge in [-0.25, -0.2) is 8.78 Å². The van der Waals surface area contributed by atoms with E-state index in [0.717, 1.165) is 25.7 Å². The van der Waals surface area contributed by atoms with E-state index < -0.39 is 12.0 Å². The van der Waals surface area contributed by atoms with Crippen LogP contribution in [0.3, 0.4) is 0 Å². The highest BCUT2D eigenvalue weighted by molar-refractivity contribution is 4.86. The van der Waals surface area contributed by atoms with Crippen LogP contribution in [0.4, 0.5) is 8.78 Å². The van der Waals surface area contributed by atoms with Gasteiger partial charge in [0.2, 0.25) is 0 Å². The molecule has 0 aromatic heterocycles. The molecule has 2 unspecified atom stereocenters. The molecule has 0 saturated heterocycles. The van der Waals surface area contributed by atoms with Gasteiger partial charge in [0.15, 0.2) is 0 Å². The van der Waals surface area contributed by atoms with Crippen LogP contribution in [0.25, 0.3) is 0 Å². The highest BCUT2D eigenvalue weighted by Crippen LogP contribution is 2.31. The van der Waals surface area contributed by atoms with Gasteiger partial charge < -0.3 is 10.4 Å². The minimum Gasteiger partial charge on any atom is -0.389 e. The zero-order chi connectivity index (χ0) is 10.6. The molecule has 0 aromatic carbocycles. The Morgan fingerprint density at radius 2 is 2.29 bits per heavy atom. The van der Waals surface area contributed by atoms with Crippen LogP contribution in [-0.2, 0) is 0 Å². The molecule has 14 heavy (non-hydrogen) atoms. The summed E-state index contributed by atoms with van der Waals surface area (Å²) in [6.07, 6.45) is 1.25. The molecule has 2 nitrogen and oxygen atoms in total. The normalized spacial score (nSPS) is 33.6. The summed E-state index contributed by atoms with van der Waals surface area (Å²) in [5, 5.41) is 12.7. The molecule has 1 saturated carbocycles. The molecule has 84 valence electrons. The van der Waals surface area contributed by atoms with E-state index in [4.69, 9.17) is 0 Å². The predicted octanol–water partition coefficient (Wildman–Crippen LogP) is 1.78. The highest BCUT2D eigenvalue weighted by atomic mass is 19.3. The highest BCUT2D eigenvalue weighted by Gasteiger charge is 2.32. The molecule has 0 spiro atoms. The third-order valence-corrected chi connectivity index (χ3v) is 2.82. The zero-order valence-corrected chi connectivity index (χ0v) is 8.60. The molecule has 1 aliphatic carbocycles. The summed E-state index contributed by atoms with van der Waals surface area (Å²) < 4.78 is 23.7. The molecule has 1 rings (SSSR count). The van der Waals surface area contributed by atoms with E-state index in [1.165, 1.54) is 0 Å². The predicted molar refractivity (Wildman–Crippen MR) is 51.5 cm³/mol. The fourth-order valence-electron chi connectivity index (χ4n) is 2.21. The monoisotopic (exact) mass is 207 g/mol. The molecule has 0 radical (unpaired) electrons. The number of halogens is 2. The van der Waals surface area contributed by atoms with Crippen molar-refractivity contribution in [3.05, 3.63) is 0 Å². The smallest absolute Gasteiger partial charge is 0.250 e. The van der Waals surface area contributed by atoms with Crippen molar-refractivity contribution in [2.75, 3.05) is 13.1 Å². The second-order valence-corrected chi connectivity index (χ2v) is 4.45. The molecule has 2 N–H and O–H groups in total. The van der Waals surface area contributed by atoms with Gasteiger partial charge in [-0.2, -0.15) is 0 Å². The lowest BCUT2D eigenvalue weighted by Crippen LogP contribution is -2.45. The van der Waals surface area contributed by atoms with Gasteiger partial charge in [-0.1, -0.05) is 19.8 Å². The summed E-state index contributed by atoms with van der Waals surface area (Å²) >= 11 is 0. The van der Waals surface area contributed by atoms with Crippen molar-refractivity contribution in [1.82, 2.24) is 5.32 Å². The summed E-state index contributed by atoms with van der Waals surface area (Å²) in [5.41, 5.74) is -0.757. The van der Waals surface area contributed by atoms with E-state index in [-0.39, 0.29) is 6.54 Å². The van der Waals surface area contributed by atoms with Crippen LogP contribution >= 0.6 is 0 Å². The lowest BCUT2D eigenvalue weighted by atomic mass is 9.79. The Bertz CT molecular complexity index is 178. The van der Waals surface area contributed by atoms with Crippen LogP contribution in [-0.4, -0.2) is 30.2 Å². The molecule has 0 aliphatic heterocycles. The quantitative estimate of drug-likeness (QED) is 0.736. The summed E-state index contributed by atoms with van der Waals surface area (Å²) in [6, 6.07) is 0. The number of nitrogens with one attached hydrogen (secondary N) is 1. The molecule has 1 aliphatic rings. The first kappa shape index (κ1) is 11.9. The first-order valence-corrected chi connectivity index (χ1v) is 5.23. The van der Waals surface area contributed by atoms with E-state index in [9.17, 15) is 13.9 Å². The topological polar surface area (TPSA) is 32.3 Å².